The van der Waals surface area contributed by atoms with E-state index in [-0.39, 0.29) is 0 Å². The van der Waals surface area contributed by atoms with Gasteiger partial charge in [-0.1, -0.05) is 0 Å². The number of aliphatic hydroxyl groups is 1. The SMILES string of the molecule is CC(C)(O)CCN1CCc2cc(C(=O)O)ccc21. The molecule has 1 aliphatic rings. The molecule has 4 nitrogen and oxygen atoms in total. The molecule has 1 heterocycles. The lowest BCUT2D eigenvalue weighted by atomic mass is 10.1. The number of hydrogen-bond donors (Lipinski definition) is 2. The van der Waals surface area contributed by atoms with E-state index in [4.69, 9.17) is 5.11 Å². The van der Waals surface area contributed by atoms with Gasteiger partial charge in [0.05, 0.1) is 11.2 Å². The first-order valence-electron chi connectivity index (χ1n) is 6.20. The second kappa shape index (κ2) is 4.61. The third kappa shape index (κ3) is 2.82. The maximum absolute atomic E-state index is 10.9. The molecule has 18 heavy (non-hydrogen) atoms. The fourth-order valence-corrected chi connectivity index (χ4v) is 2.24. The predicted octanol–water partition coefficient (Wildman–Crippen LogP) is 1.91. The molecule has 0 bridgehead atoms. The molecule has 0 spiro atoms. The predicted molar refractivity (Wildman–Crippen MR) is 70.2 cm³/mol. The van der Waals surface area contributed by atoms with Gasteiger partial charge >= 0.3 is 5.97 Å². The highest BCUT2D eigenvalue weighted by molar-refractivity contribution is 5.88. The van der Waals surface area contributed by atoms with Crippen molar-refractivity contribution in [3.8, 4) is 0 Å². The van der Waals surface area contributed by atoms with E-state index in [0.717, 1.165) is 30.8 Å². The Morgan fingerprint density at radius 3 is 2.78 bits per heavy atom. The topological polar surface area (TPSA) is 60.8 Å². The summed E-state index contributed by atoms with van der Waals surface area (Å²) in [7, 11) is 0. The Bertz CT molecular complexity index is 463. The number of benzene rings is 1. The van der Waals surface area contributed by atoms with E-state index in [2.05, 4.69) is 4.90 Å². The van der Waals surface area contributed by atoms with Crippen LogP contribution in [0.2, 0.25) is 0 Å². The Morgan fingerprint density at radius 2 is 2.17 bits per heavy atom. The van der Waals surface area contributed by atoms with Crippen LogP contribution in [0.3, 0.4) is 0 Å². The summed E-state index contributed by atoms with van der Waals surface area (Å²) in [6, 6.07) is 5.27. The monoisotopic (exact) mass is 249 g/mol. The number of hydrogen-bond acceptors (Lipinski definition) is 3. The molecule has 2 N–H and O–H groups in total. The van der Waals surface area contributed by atoms with Crippen LogP contribution in [0.15, 0.2) is 18.2 Å². The van der Waals surface area contributed by atoms with Crippen LogP contribution in [-0.4, -0.2) is 34.9 Å². The maximum atomic E-state index is 10.9. The standard InChI is InChI=1S/C14H19NO3/c1-14(2,18)6-8-15-7-5-10-9-11(13(16)17)3-4-12(10)15/h3-4,9,18H,5-8H2,1-2H3,(H,16,17). The molecule has 0 atom stereocenters. The van der Waals surface area contributed by atoms with E-state index < -0.39 is 11.6 Å². The van der Waals surface area contributed by atoms with Crippen molar-refractivity contribution in [3.05, 3.63) is 29.3 Å². The fourth-order valence-electron chi connectivity index (χ4n) is 2.24. The largest absolute Gasteiger partial charge is 0.478 e. The number of carboxylic acids is 1. The van der Waals surface area contributed by atoms with Crippen molar-refractivity contribution in [2.75, 3.05) is 18.0 Å². The molecule has 0 fully saturated rings. The number of nitrogens with zero attached hydrogens (tertiary/aromatic N) is 1. The van der Waals surface area contributed by atoms with Crippen LogP contribution in [0.5, 0.6) is 0 Å². The highest BCUT2D eigenvalue weighted by Gasteiger charge is 2.22. The number of anilines is 1. The molecule has 1 aliphatic heterocycles. The summed E-state index contributed by atoms with van der Waals surface area (Å²) in [5.41, 5.74) is 1.87. The molecule has 0 radical (unpaired) electrons. The van der Waals surface area contributed by atoms with Gasteiger partial charge in [0.2, 0.25) is 0 Å². The van der Waals surface area contributed by atoms with E-state index >= 15 is 0 Å². The van der Waals surface area contributed by atoms with E-state index in [0.29, 0.717) is 12.0 Å². The van der Waals surface area contributed by atoms with Crippen molar-refractivity contribution in [1.29, 1.82) is 0 Å². The van der Waals surface area contributed by atoms with Crippen molar-refractivity contribution < 1.29 is 15.0 Å². The van der Waals surface area contributed by atoms with Gasteiger partial charge in [0.25, 0.3) is 0 Å². The van der Waals surface area contributed by atoms with Gasteiger partial charge in [0, 0.05) is 18.8 Å². The number of rotatable bonds is 4. The molecule has 2 rings (SSSR count). The van der Waals surface area contributed by atoms with Gasteiger partial charge in [-0.05, 0) is 50.5 Å². The zero-order valence-corrected chi connectivity index (χ0v) is 10.8. The van der Waals surface area contributed by atoms with Crippen LogP contribution >= 0.6 is 0 Å². The van der Waals surface area contributed by atoms with Gasteiger partial charge in [0.15, 0.2) is 0 Å². The summed E-state index contributed by atoms with van der Waals surface area (Å²) in [6.45, 7) is 5.30. The Hall–Kier alpha value is -1.55. The number of carbonyl (C=O) groups is 1. The Morgan fingerprint density at radius 1 is 1.44 bits per heavy atom. The van der Waals surface area contributed by atoms with Crippen LogP contribution < -0.4 is 4.90 Å². The Labute approximate surface area is 107 Å². The zero-order valence-electron chi connectivity index (χ0n) is 10.8. The molecular weight excluding hydrogens is 230 g/mol. The number of fused-ring (bicyclic) bond motifs is 1. The summed E-state index contributed by atoms with van der Waals surface area (Å²) < 4.78 is 0. The van der Waals surface area contributed by atoms with Crippen molar-refractivity contribution in [2.45, 2.75) is 32.3 Å². The minimum absolute atomic E-state index is 0.345. The van der Waals surface area contributed by atoms with Crippen molar-refractivity contribution >= 4 is 11.7 Å². The number of aromatic carboxylic acids is 1. The molecule has 98 valence electrons. The van der Waals surface area contributed by atoms with E-state index in [1.807, 2.05) is 6.07 Å². The Balaban J connectivity index is 2.12. The molecule has 4 heteroatoms. The first-order chi connectivity index (χ1) is 8.37. The molecule has 0 saturated heterocycles. The van der Waals surface area contributed by atoms with E-state index in [9.17, 15) is 9.90 Å². The van der Waals surface area contributed by atoms with Crippen LogP contribution in [-0.2, 0) is 6.42 Å². The molecule has 0 aliphatic carbocycles. The molecular formula is C14H19NO3. The summed E-state index contributed by atoms with van der Waals surface area (Å²) >= 11 is 0. The average Bonchev–Trinajstić information content (AvgIpc) is 2.67. The van der Waals surface area contributed by atoms with Crippen molar-refractivity contribution in [2.24, 2.45) is 0 Å². The summed E-state index contributed by atoms with van der Waals surface area (Å²) in [6.07, 6.45) is 1.58. The molecule has 1 aromatic carbocycles. The van der Waals surface area contributed by atoms with Crippen LogP contribution in [0, 0.1) is 0 Å². The minimum Gasteiger partial charge on any atom is -0.478 e. The fraction of sp³-hybridized carbons (Fsp3) is 0.500. The average molecular weight is 249 g/mol. The van der Waals surface area contributed by atoms with Gasteiger partial charge < -0.3 is 15.1 Å². The first-order valence-corrected chi connectivity index (χ1v) is 6.20. The van der Waals surface area contributed by atoms with Gasteiger partial charge in [-0.25, -0.2) is 4.79 Å². The third-order valence-corrected chi connectivity index (χ3v) is 3.31. The van der Waals surface area contributed by atoms with E-state index in [1.54, 1.807) is 26.0 Å². The van der Waals surface area contributed by atoms with Gasteiger partial charge in [-0.15, -0.1) is 0 Å². The van der Waals surface area contributed by atoms with Gasteiger partial charge in [-0.2, -0.15) is 0 Å². The second-order valence-corrected chi connectivity index (χ2v) is 5.45. The molecule has 0 aromatic heterocycles. The first kappa shape index (κ1) is 12.9. The third-order valence-electron chi connectivity index (χ3n) is 3.31. The van der Waals surface area contributed by atoms with Gasteiger partial charge in [-0.3, -0.25) is 0 Å². The minimum atomic E-state index is -0.882. The van der Waals surface area contributed by atoms with Crippen LogP contribution in [0.25, 0.3) is 0 Å². The van der Waals surface area contributed by atoms with Gasteiger partial charge in [0.1, 0.15) is 0 Å². The second-order valence-electron chi connectivity index (χ2n) is 5.45. The van der Waals surface area contributed by atoms with Crippen LogP contribution in [0.1, 0.15) is 36.2 Å². The lowest BCUT2D eigenvalue weighted by molar-refractivity contribution is 0.0695. The van der Waals surface area contributed by atoms with Crippen molar-refractivity contribution in [1.82, 2.24) is 0 Å². The summed E-state index contributed by atoms with van der Waals surface area (Å²) in [5, 5.41) is 18.7. The summed E-state index contributed by atoms with van der Waals surface area (Å²) in [4.78, 5) is 13.1. The quantitative estimate of drug-likeness (QED) is 0.855. The van der Waals surface area contributed by atoms with Crippen molar-refractivity contribution in [3.63, 3.8) is 0 Å². The lowest BCUT2D eigenvalue weighted by Gasteiger charge is -2.24. The summed E-state index contributed by atoms with van der Waals surface area (Å²) in [5.74, 6) is -0.882. The number of carboxylic acid groups (broad SMARTS) is 1. The molecule has 0 amide bonds. The molecule has 0 unspecified atom stereocenters. The van der Waals surface area contributed by atoms with E-state index in [1.165, 1.54) is 0 Å². The maximum Gasteiger partial charge on any atom is 0.335 e. The lowest BCUT2D eigenvalue weighted by Crippen LogP contribution is -2.29. The molecule has 0 saturated carbocycles. The highest BCUT2D eigenvalue weighted by atomic mass is 16.4. The molecule has 1 aromatic rings. The van der Waals surface area contributed by atoms with Crippen LogP contribution in [0.4, 0.5) is 5.69 Å². The zero-order chi connectivity index (χ0) is 13.3. The Kier molecular flexibility index (Phi) is 3.30. The smallest absolute Gasteiger partial charge is 0.335 e. The highest BCUT2D eigenvalue weighted by Crippen LogP contribution is 2.29. The normalized spacial score (nSPS) is 14.7.